The fourth-order valence-corrected chi connectivity index (χ4v) is 3.20. The van der Waals surface area contributed by atoms with Gasteiger partial charge in [-0.25, -0.2) is 8.42 Å². The van der Waals surface area contributed by atoms with E-state index >= 15 is 0 Å². The lowest BCUT2D eigenvalue weighted by Gasteiger charge is -2.18. The zero-order valence-corrected chi connectivity index (χ0v) is 13.6. The smallest absolute Gasteiger partial charge is 0.236 e. The number of benzene rings is 1. The molecule has 7 heteroatoms. The van der Waals surface area contributed by atoms with Crippen molar-refractivity contribution in [1.29, 1.82) is 0 Å². The van der Waals surface area contributed by atoms with Crippen LogP contribution in [0.1, 0.15) is 27.2 Å². The molecule has 3 N–H and O–H groups in total. The molecule has 1 unspecified atom stereocenters. The number of anilines is 1. The minimum absolute atomic E-state index is 0.0704. The fraction of sp³-hybridized carbons (Fsp3) is 0.571. The molecular weight excluding hydrogens is 292 g/mol. The van der Waals surface area contributed by atoms with Gasteiger partial charge in [0.1, 0.15) is 11.5 Å². The molecule has 6 nitrogen and oxygen atoms in total. The quantitative estimate of drug-likeness (QED) is 0.727. The van der Waals surface area contributed by atoms with Crippen LogP contribution in [0.25, 0.3) is 0 Å². The Balaban J connectivity index is 3.11. The molecule has 0 fully saturated rings. The van der Waals surface area contributed by atoms with Gasteiger partial charge >= 0.3 is 0 Å². The Labute approximate surface area is 126 Å². The molecule has 0 aliphatic rings. The molecule has 0 bridgehead atoms. The summed E-state index contributed by atoms with van der Waals surface area (Å²) in [5.74, 6) is 1.05. The van der Waals surface area contributed by atoms with E-state index in [0.717, 1.165) is 0 Å². The van der Waals surface area contributed by atoms with Gasteiger partial charge in [0.05, 0.1) is 24.2 Å². The molecule has 0 aliphatic carbocycles. The van der Waals surface area contributed by atoms with Crippen molar-refractivity contribution in [3.63, 3.8) is 0 Å². The maximum absolute atomic E-state index is 12.3. The summed E-state index contributed by atoms with van der Waals surface area (Å²) in [6, 6.07) is 5.05. The first-order chi connectivity index (χ1) is 9.98. The minimum Gasteiger partial charge on any atom is -0.494 e. The van der Waals surface area contributed by atoms with Crippen molar-refractivity contribution >= 4 is 15.7 Å². The van der Waals surface area contributed by atoms with E-state index in [1.165, 1.54) is 0 Å². The molecule has 0 heterocycles. The molecule has 0 spiro atoms. The summed E-state index contributed by atoms with van der Waals surface area (Å²) >= 11 is 0. The molecule has 21 heavy (non-hydrogen) atoms. The summed E-state index contributed by atoms with van der Waals surface area (Å²) in [6.07, 6.45) is 0.445. The second-order valence-corrected chi connectivity index (χ2v) is 6.40. The van der Waals surface area contributed by atoms with Gasteiger partial charge in [-0.2, -0.15) is 0 Å². The topological polar surface area (TPSA) is 90.6 Å². The van der Waals surface area contributed by atoms with E-state index in [9.17, 15) is 8.42 Å². The van der Waals surface area contributed by atoms with Crippen molar-refractivity contribution in [1.82, 2.24) is 0 Å². The third-order valence-corrected chi connectivity index (χ3v) is 4.88. The Bertz CT molecular complexity index is 542. The highest BCUT2D eigenvalue weighted by atomic mass is 32.2. The molecule has 1 atom stereocenters. The van der Waals surface area contributed by atoms with Crippen LogP contribution < -0.4 is 19.9 Å². The summed E-state index contributed by atoms with van der Waals surface area (Å²) in [6.45, 7) is 6.50. The van der Waals surface area contributed by atoms with Crippen molar-refractivity contribution < 1.29 is 17.9 Å². The zero-order chi connectivity index (χ0) is 15.9. The van der Waals surface area contributed by atoms with Crippen LogP contribution in [0.3, 0.4) is 0 Å². The van der Waals surface area contributed by atoms with Crippen molar-refractivity contribution in [2.75, 3.05) is 24.5 Å². The van der Waals surface area contributed by atoms with Crippen LogP contribution in [0.2, 0.25) is 0 Å². The number of ether oxygens (including phenoxy) is 2. The molecule has 0 saturated heterocycles. The first-order valence-electron chi connectivity index (χ1n) is 7.09. The molecular formula is C14H24N2O4S. The second kappa shape index (κ2) is 8.09. The van der Waals surface area contributed by atoms with Crippen LogP contribution >= 0.6 is 0 Å². The number of hydrogen-bond acceptors (Lipinski definition) is 5. The normalized spacial score (nSPS) is 12.8. The lowest BCUT2D eigenvalue weighted by molar-refractivity contribution is 0.332. The molecule has 1 aromatic carbocycles. The predicted octanol–water partition coefficient (Wildman–Crippen LogP) is 1.96. The van der Waals surface area contributed by atoms with E-state index in [0.29, 0.717) is 36.8 Å². The molecule has 120 valence electrons. The summed E-state index contributed by atoms with van der Waals surface area (Å²) in [5, 5.41) is -0.636. The Morgan fingerprint density at radius 1 is 1.19 bits per heavy atom. The Kier molecular flexibility index (Phi) is 6.77. The van der Waals surface area contributed by atoms with Crippen molar-refractivity contribution in [2.45, 2.75) is 32.4 Å². The van der Waals surface area contributed by atoms with Gasteiger partial charge in [-0.15, -0.1) is 0 Å². The lowest BCUT2D eigenvalue weighted by Crippen LogP contribution is -2.33. The predicted molar refractivity (Wildman–Crippen MR) is 84.5 cm³/mol. The van der Waals surface area contributed by atoms with Gasteiger partial charge in [0.15, 0.2) is 0 Å². The molecule has 1 aromatic rings. The van der Waals surface area contributed by atoms with Crippen LogP contribution in [-0.2, 0) is 10.0 Å². The third kappa shape index (κ3) is 4.78. The first-order valence-corrected chi connectivity index (χ1v) is 8.64. The van der Waals surface area contributed by atoms with Crippen LogP contribution in [0.4, 0.5) is 5.69 Å². The monoisotopic (exact) mass is 316 g/mol. The SMILES string of the molecule is CCOc1ccc(OCC)c(NS(=O)(=O)C(CC)CN)c1. The van der Waals surface area contributed by atoms with Gasteiger partial charge in [-0.3, -0.25) is 4.72 Å². The summed E-state index contributed by atoms with van der Waals surface area (Å²) in [7, 11) is -3.56. The van der Waals surface area contributed by atoms with Gasteiger partial charge < -0.3 is 15.2 Å². The zero-order valence-electron chi connectivity index (χ0n) is 12.8. The standard InChI is InChI=1S/C14H24N2O4S/c1-4-12(10-15)21(17,18)16-13-9-11(19-5-2)7-8-14(13)20-6-3/h7-9,12,16H,4-6,10,15H2,1-3H3. The fourth-order valence-electron chi connectivity index (χ4n) is 1.88. The van der Waals surface area contributed by atoms with E-state index in [1.807, 2.05) is 13.8 Å². The second-order valence-electron chi connectivity index (χ2n) is 4.44. The molecule has 0 amide bonds. The highest BCUT2D eigenvalue weighted by molar-refractivity contribution is 7.93. The number of sulfonamides is 1. The molecule has 0 radical (unpaired) electrons. The van der Waals surface area contributed by atoms with Crippen LogP contribution in [0.15, 0.2) is 18.2 Å². The Morgan fingerprint density at radius 2 is 1.86 bits per heavy atom. The third-order valence-electron chi connectivity index (χ3n) is 2.97. The van der Waals surface area contributed by atoms with E-state index < -0.39 is 15.3 Å². The van der Waals surface area contributed by atoms with E-state index in [1.54, 1.807) is 25.1 Å². The average Bonchev–Trinajstić information content (AvgIpc) is 2.43. The maximum atomic E-state index is 12.3. The molecule has 1 rings (SSSR count). The summed E-state index contributed by atoms with van der Waals surface area (Å²) in [5.41, 5.74) is 5.89. The van der Waals surface area contributed by atoms with Crippen molar-refractivity contribution in [3.8, 4) is 11.5 Å². The molecule has 0 aliphatic heterocycles. The van der Waals surface area contributed by atoms with Gasteiger partial charge in [-0.05, 0) is 32.4 Å². The van der Waals surface area contributed by atoms with Gasteiger partial charge in [0.25, 0.3) is 0 Å². The van der Waals surface area contributed by atoms with Crippen LogP contribution in [-0.4, -0.2) is 33.4 Å². The lowest BCUT2D eigenvalue weighted by atomic mass is 10.3. The highest BCUT2D eigenvalue weighted by Crippen LogP contribution is 2.31. The van der Waals surface area contributed by atoms with Crippen LogP contribution in [0, 0.1) is 0 Å². The minimum atomic E-state index is -3.56. The van der Waals surface area contributed by atoms with Crippen molar-refractivity contribution in [2.24, 2.45) is 5.73 Å². The summed E-state index contributed by atoms with van der Waals surface area (Å²) in [4.78, 5) is 0. The van der Waals surface area contributed by atoms with Gasteiger partial charge in [-0.1, -0.05) is 6.92 Å². The van der Waals surface area contributed by atoms with Gasteiger partial charge in [0, 0.05) is 12.6 Å². The van der Waals surface area contributed by atoms with Gasteiger partial charge in [0.2, 0.25) is 10.0 Å². The Morgan fingerprint density at radius 3 is 2.38 bits per heavy atom. The van der Waals surface area contributed by atoms with Crippen molar-refractivity contribution in [3.05, 3.63) is 18.2 Å². The largest absolute Gasteiger partial charge is 0.494 e. The Hall–Kier alpha value is -1.47. The average molecular weight is 316 g/mol. The maximum Gasteiger partial charge on any atom is 0.236 e. The van der Waals surface area contributed by atoms with Crippen LogP contribution in [0.5, 0.6) is 11.5 Å². The molecule has 0 aromatic heterocycles. The number of nitrogens with two attached hydrogens (primary N) is 1. The molecule has 0 saturated carbocycles. The number of rotatable bonds is 9. The summed E-state index contributed by atoms with van der Waals surface area (Å²) < 4.78 is 38.0. The number of hydrogen-bond donors (Lipinski definition) is 2. The number of nitrogens with one attached hydrogen (secondary N) is 1. The van der Waals surface area contributed by atoms with E-state index in [4.69, 9.17) is 15.2 Å². The van der Waals surface area contributed by atoms with E-state index in [2.05, 4.69) is 4.72 Å². The first kappa shape index (κ1) is 17.6. The highest BCUT2D eigenvalue weighted by Gasteiger charge is 2.23. The van der Waals surface area contributed by atoms with E-state index in [-0.39, 0.29) is 6.54 Å².